The van der Waals surface area contributed by atoms with Crippen molar-refractivity contribution < 1.29 is 0 Å². The molecule has 0 N–H and O–H groups in total. The van der Waals surface area contributed by atoms with E-state index < -0.39 is 0 Å². The molecule has 0 spiro atoms. The molecule has 0 aromatic heterocycles. The third-order valence-electron chi connectivity index (χ3n) is 5.73. The summed E-state index contributed by atoms with van der Waals surface area (Å²) >= 11 is 3.61. The Hall–Kier alpha value is -0.240. The van der Waals surface area contributed by atoms with Gasteiger partial charge in [0.2, 0.25) is 0 Å². The Labute approximate surface area is 134 Å². The average molecular weight is 342 g/mol. The Kier molecular flexibility index (Phi) is 4.91. The molecule has 0 saturated carbocycles. The lowest BCUT2D eigenvalue weighted by Crippen LogP contribution is -2.65. The zero-order chi connectivity index (χ0) is 15.9. The molecular formula is C18H32BrN. The molecule has 0 radical (unpaired) electrons. The monoisotopic (exact) mass is 341 g/mol. The molecule has 0 bridgehead atoms. The summed E-state index contributed by atoms with van der Waals surface area (Å²) in [6.45, 7) is 21.0. The first-order valence-corrected chi connectivity index (χ1v) is 8.53. The zero-order valence-corrected chi connectivity index (χ0v) is 16.4. The Bertz CT molecular complexity index is 423. The second-order valence-corrected chi connectivity index (χ2v) is 8.98. The van der Waals surface area contributed by atoms with E-state index in [0.29, 0.717) is 6.04 Å². The van der Waals surface area contributed by atoms with Crippen LogP contribution in [0.1, 0.15) is 68.7 Å². The van der Waals surface area contributed by atoms with E-state index in [-0.39, 0.29) is 16.4 Å². The lowest BCUT2D eigenvalue weighted by atomic mass is 9.55. The normalized spacial score (nSPS) is 30.7. The Morgan fingerprint density at radius 3 is 2.10 bits per heavy atom. The van der Waals surface area contributed by atoms with E-state index >= 15 is 0 Å². The first-order valence-electron chi connectivity index (χ1n) is 7.74. The van der Waals surface area contributed by atoms with Gasteiger partial charge in [-0.3, -0.25) is 0 Å². The number of likely N-dealkylation sites (tertiary alicyclic amines) is 1. The topological polar surface area (TPSA) is 3.24 Å². The fourth-order valence-corrected chi connectivity index (χ4v) is 3.92. The lowest BCUT2D eigenvalue weighted by molar-refractivity contribution is -0.0437. The van der Waals surface area contributed by atoms with Crippen molar-refractivity contribution in [2.24, 2.45) is 10.8 Å². The molecule has 0 aromatic rings. The Morgan fingerprint density at radius 1 is 1.20 bits per heavy atom. The minimum atomic E-state index is 0.0813. The summed E-state index contributed by atoms with van der Waals surface area (Å²) in [6, 6.07) is 0.468. The summed E-state index contributed by atoms with van der Waals surface area (Å²) in [5, 5.41) is 0. The molecule has 1 unspecified atom stereocenters. The summed E-state index contributed by atoms with van der Waals surface area (Å²) in [7, 11) is 0. The van der Waals surface area contributed by atoms with Crippen LogP contribution in [0.5, 0.6) is 0 Å². The van der Waals surface area contributed by atoms with Crippen molar-refractivity contribution in [1.29, 1.82) is 0 Å². The highest BCUT2D eigenvalue weighted by Crippen LogP contribution is 2.56. The van der Waals surface area contributed by atoms with Gasteiger partial charge in [-0.05, 0) is 34.1 Å². The number of halogens is 1. The number of nitrogens with zero attached hydrogens (tertiary/aromatic N) is 1. The van der Waals surface area contributed by atoms with Crippen LogP contribution >= 0.6 is 15.9 Å². The van der Waals surface area contributed by atoms with Gasteiger partial charge in [0, 0.05) is 33.1 Å². The van der Waals surface area contributed by atoms with Crippen LogP contribution in [0.2, 0.25) is 0 Å². The van der Waals surface area contributed by atoms with Crippen LogP contribution in [0.25, 0.3) is 0 Å². The van der Waals surface area contributed by atoms with E-state index in [0.717, 1.165) is 6.42 Å². The third-order valence-corrected chi connectivity index (χ3v) is 5.93. The van der Waals surface area contributed by atoms with Crippen LogP contribution in [-0.2, 0) is 0 Å². The van der Waals surface area contributed by atoms with E-state index in [1.165, 1.54) is 4.48 Å². The van der Waals surface area contributed by atoms with Crippen molar-refractivity contribution in [3.05, 3.63) is 22.3 Å². The number of piperidine rings is 1. The van der Waals surface area contributed by atoms with Crippen molar-refractivity contribution in [2.75, 3.05) is 0 Å². The van der Waals surface area contributed by atoms with Crippen molar-refractivity contribution in [3.8, 4) is 0 Å². The molecule has 2 heteroatoms. The Morgan fingerprint density at radius 2 is 1.70 bits per heavy atom. The maximum atomic E-state index is 3.61. The summed E-state index contributed by atoms with van der Waals surface area (Å²) in [5.74, 6) is 0. The predicted octanol–water partition coefficient (Wildman–Crippen LogP) is 6.11. The average Bonchev–Trinajstić information content (AvgIpc) is 2.29. The Balaban J connectivity index is 3.52. The highest BCUT2D eigenvalue weighted by Gasteiger charge is 2.55. The first kappa shape index (κ1) is 17.8. The van der Waals surface area contributed by atoms with Gasteiger partial charge in [0.1, 0.15) is 0 Å². The van der Waals surface area contributed by atoms with Crippen LogP contribution in [0.15, 0.2) is 22.3 Å². The molecule has 1 atom stereocenters. The molecule has 1 nitrogen and oxygen atoms in total. The van der Waals surface area contributed by atoms with Crippen molar-refractivity contribution in [1.82, 2.24) is 4.90 Å². The molecule has 1 heterocycles. The second-order valence-electron chi connectivity index (χ2n) is 7.73. The third kappa shape index (κ3) is 2.61. The molecule has 0 amide bonds. The van der Waals surface area contributed by atoms with Crippen molar-refractivity contribution in [2.45, 2.75) is 80.3 Å². The minimum Gasteiger partial charge on any atom is -0.367 e. The molecule has 1 aliphatic rings. The molecule has 1 saturated heterocycles. The quantitative estimate of drug-likeness (QED) is 0.547. The predicted molar refractivity (Wildman–Crippen MR) is 94.0 cm³/mol. The molecule has 0 aliphatic carbocycles. The number of allylic oxidation sites excluding steroid dienone is 2. The van der Waals surface area contributed by atoms with Crippen LogP contribution in [0.3, 0.4) is 0 Å². The molecule has 1 fully saturated rings. The first-order chi connectivity index (χ1) is 8.90. The second kappa shape index (κ2) is 5.51. The van der Waals surface area contributed by atoms with Gasteiger partial charge < -0.3 is 4.90 Å². The van der Waals surface area contributed by atoms with Crippen molar-refractivity contribution >= 4 is 15.9 Å². The zero-order valence-electron chi connectivity index (χ0n) is 14.8. The van der Waals surface area contributed by atoms with Gasteiger partial charge >= 0.3 is 0 Å². The van der Waals surface area contributed by atoms with Crippen LogP contribution in [0, 0.1) is 10.8 Å². The molecule has 116 valence electrons. The molecular weight excluding hydrogens is 310 g/mol. The molecule has 20 heavy (non-hydrogen) atoms. The number of hydrogen-bond donors (Lipinski definition) is 0. The van der Waals surface area contributed by atoms with Gasteiger partial charge in [0.05, 0.1) is 0 Å². The van der Waals surface area contributed by atoms with Crippen LogP contribution in [-0.4, -0.2) is 16.5 Å². The fraction of sp³-hybridized carbons (Fsp3) is 0.778. The maximum absolute atomic E-state index is 3.61. The fourth-order valence-electron chi connectivity index (χ4n) is 3.70. The molecule has 0 aromatic carbocycles. The summed E-state index contributed by atoms with van der Waals surface area (Å²) in [6.07, 6.45) is 5.84. The van der Waals surface area contributed by atoms with Crippen LogP contribution in [0.4, 0.5) is 0 Å². The van der Waals surface area contributed by atoms with Gasteiger partial charge in [0.15, 0.2) is 0 Å². The van der Waals surface area contributed by atoms with Crippen molar-refractivity contribution in [3.63, 3.8) is 0 Å². The minimum absolute atomic E-state index is 0.0813. The number of rotatable bonds is 2. The number of hydrogen-bond acceptors (Lipinski definition) is 1. The molecule has 1 rings (SSSR count). The molecule has 1 aliphatic heterocycles. The van der Waals surface area contributed by atoms with Crippen LogP contribution < -0.4 is 0 Å². The standard InChI is InChI=1S/C18H32BrN/c1-10-11-15-16(4,5)14(3)20(12-13(2)19)18(8,9)17(15,6)7/h11-12,14H,10H2,1-9H3/b13-12+,15-11+. The van der Waals surface area contributed by atoms with Gasteiger partial charge in [-0.1, -0.05) is 62.2 Å². The van der Waals surface area contributed by atoms with Gasteiger partial charge in [-0.25, -0.2) is 0 Å². The van der Waals surface area contributed by atoms with E-state index in [1.807, 2.05) is 0 Å². The summed E-state index contributed by atoms with van der Waals surface area (Å²) in [4.78, 5) is 2.55. The highest BCUT2D eigenvalue weighted by molar-refractivity contribution is 9.11. The SMILES string of the molecule is CC/C=C1\C(C)(C)C(C)N(/C=C(\C)Br)C(C)(C)C1(C)C. The largest absolute Gasteiger partial charge is 0.367 e. The van der Waals surface area contributed by atoms with Gasteiger partial charge in [-0.15, -0.1) is 0 Å². The lowest BCUT2D eigenvalue weighted by Gasteiger charge is -2.63. The summed E-state index contributed by atoms with van der Waals surface area (Å²) in [5.41, 5.74) is 1.99. The smallest absolute Gasteiger partial charge is 0.0432 e. The van der Waals surface area contributed by atoms with E-state index in [2.05, 4.69) is 95.4 Å². The maximum Gasteiger partial charge on any atom is 0.0432 e. The van der Waals surface area contributed by atoms with E-state index in [4.69, 9.17) is 0 Å². The van der Waals surface area contributed by atoms with E-state index in [1.54, 1.807) is 5.57 Å². The van der Waals surface area contributed by atoms with E-state index in [9.17, 15) is 0 Å². The van der Waals surface area contributed by atoms with Gasteiger partial charge in [0.25, 0.3) is 0 Å². The van der Waals surface area contributed by atoms with Gasteiger partial charge in [-0.2, -0.15) is 0 Å². The summed E-state index contributed by atoms with van der Waals surface area (Å²) < 4.78 is 1.19. The highest BCUT2D eigenvalue weighted by atomic mass is 79.9.